The van der Waals surface area contributed by atoms with Gasteiger partial charge in [-0.2, -0.15) is 0 Å². The van der Waals surface area contributed by atoms with Crippen molar-refractivity contribution in [3.05, 3.63) is 47.9 Å². The van der Waals surface area contributed by atoms with E-state index in [-0.39, 0.29) is 5.56 Å². The number of benzene rings is 1. The van der Waals surface area contributed by atoms with Gasteiger partial charge in [0.2, 0.25) is 0 Å². The molecule has 0 fully saturated rings. The minimum absolute atomic E-state index is 0.0519. The van der Waals surface area contributed by atoms with Crippen LogP contribution in [-0.4, -0.2) is 28.2 Å². The Hall–Kier alpha value is -2.63. The molecule has 6 nitrogen and oxygen atoms in total. The van der Waals surface area contributed by atoms with Crippen LogP contribution in [0.1, 0.15) is 15.9 Å². The second-order valence-electron chi connectivity index (χ2n) is 3.79. The summed E-state index contributed by atoms with van der Waals surface area (Å²) >= 11 is 0. The van der Waals surface area contributed by atoms with Crippen molar-refractivity contribution < 1.29 is 14.6 Å². The fourth-order valence-corrected chi connectivity index (χ4v) is 1.56. The predicted octanol–water partition coefficient (Wildman–Crippen LogP) is 1.80. The summed E-state index contributed by atoms with van der Waals surface area (Å²) in [5.41, 5.74) is 1.05. The number of nitrogens with one attached hydrogen (secondary N) is 1. The summed E-state index contributed by atoms with van der Waals surface area (Å²) in [6.07, 6.45) is 2.58. The minimum Gasteiger partial charge on any atom is -0.497 e. The number of aromatic carboxylic acids is 1. The van der Waals surface area contributed by atoms with E-state index in [1.807, 2.05) is 24.3 Å². The summed E-state index contributed by atoms with van der Waals surface area (Å²) in [5.74, 6) is 0.0214. The van der Waals surface area contributed by atoms with Gasteiger partial charge in [-0.1, -0.05) is 12.1 Å². The number of aromatic nitrogens is 2. The van der Waals surface area contributed by atoms with Crippen molar-refractivity contribution in [1.82, 2.24) is 9.97 Å². The Balaban J connectivity index is 2.07. The predicted molar refractivity (Wildman–Crippen MR) is 69.3 cm³/mol. The standard InChI is InChI=1S/C13H13N3O3/c1-19-10-4-2-9(3-5-10)6-15-12-11(13(17)18)7-14-8-16-12/h2-5,7-8H,6H2,1H3,(H,17,18)(H,14,15,16). The summed E-state index contributed by atoms with van der Waals surface area (Å²) in [6, 6.07) is 7.48. The smallest absolute Gasteiger partial charge is 0.341 e. The Bertz CT molecular complexity index is 570. The Morgan fingerprint density at radius 1 is 1.37 bits per heavy atom. The van der Waals surface area contributed by atoms with Gasteiger partial charge in [-0.3, -0.25) is 0 Å². The highest BCUT2D eigenvalue weighted by molar-refractivity contribution is 5.92. The van der Waals surface area contributed by atoms with Gasteiger partial charge < -0.3 is 15.2 Å². The number of carbonyl (C=O) groups is 1. The molecule has 0 aliphatic heterocycles. The van der Waals surface area contributed by atoms with Gasteiger partial charge in [-0.25, -0.2) is 14.8 Å². The lowest BCUT2D eigenvalue weighted by Crippen LogP contribution is -2.08. The van der Waals surface area contributed by atoms with Crippen LogP contribution in [-0.2, 0) is 6.54 Å². The number of methoxy groups -OCH3 is 1. The first-order valence-electron chi connectivity index (χ1n) is 5.61. The molecule has 0 atom stereocenters. The molecule has 0 saturated carbocycles. The monoisotopic (exact) mass is 259 g/mol. The van der Waals surface area contributed by atoms with Gasteiger partial charge >= 0.3 is 5.97 Å². The molecule has 0 spiro atoms. The Kier molecular flexibility index (Phi) is 3.92. The number of carboxylic acids is 1. The molecule has 2 aromatic rings. The number of carboxylic acid groups (broad SMARTS) is 1. The van der Waals surface area contributed by atoms with E-state index < -0.39 is 5.97 Å². The zero-order valence-electron chi connectivity index (χ0n) is 10.3. The molecule has 0 unspecified atom stereocenters. The highest BCUT2D eigenvalue weighted by atomic mass is 16.5. The number of hydrogen-bond donors (Lipinski definition) is 2. The van der Waals surface area contributed by atoms with E-state index in [4.69, 9.17) is 9.84 Å². The van der Waals surface area contributed by atoms with Crippen LogP contribution < -0.4 is 10.1 Å². The van der Waals surface area contributed by atoms with E-state index in [0.717, 1.165) is 11.3 Å². The molecule has 0 amide bonds. The highest BCUT2D eigenvalue weighted by Gasteiger charge is 2.10. The molecule has 19 heavy (non-hydrogen) atoms. The fourth-order valence-electron chi connectivity index (χ4n) is 1.56. The molecule has 6 heteroatoms. The van der Waals surface area contributed by atoms with Gasteiger partial charge in [0.25, 0.3) is 0 Å². The molecule has 1 heterocycles. The van der Waals surface area contributed by atoms with Crippen LogP contribution in [0, 0.1) is 0 Å². The number of hydrogen-bond acceptors (Lipinski definition) is 5. The summed E-state index contributed by atoms with van der Waals surface area (Å²) in [5, 5.41) is 12.0. The number of ether oxygens (including phenoxy) is 1. The maximum absolute atomic E-state index is 11.0. The van der Waals surface area contributed by atoms with Gasteiger partial charge in [0.15, 0.2) is 0 Å². The van der Waals surface area contributed by atoms with Gasteiger partial charge in [-0.15, -0.1) is 0 Å². The Labute approximate surface area is 110 Å². The summed E-state index contributed by atoms with van der Waals surface area (Å²) in [7, 11) is 1.60. The quantitative estimate of drug-likeness (QED) is 0.851. The maximum atomic E-state index is 11.0. The average Bonchev–Trinajstić information content (AvgIpc) is 2.46. The lowest BCUT2D eigenvalue weighted by Gasteiger charge is -2.08. The number of nitrogens with zero attached hydrogens (tertiary/aromatic N) is 2. The molecule has 2 rings (SSSR count). The van der Waals surface area contributed by atoms with Crippen LogP contribution in [0.25, 0.3) is 0 Å². The molecule has 0 bridgehead atoms. The highest BCUT2D eigenvalue weighted by Crippen LogP contribution is 2.14. The van der Waals surface area contributed by atoms with Gasteiger partial charge in [0.05, 0.1) is 7.11 Å². The fraction of sp³-hybridized carbons (Fsp3) is 0.154. The van der Waals surface area contributed by atoms with Crippen molar-refractivity contribution in [3.8, 4) is 5.75 Å². The molecule has 1 aromatic heterocycles. The average molecular weight is 259 g/mol. The van der Waals surface area contributed by atoms with Crippen molar-refractivity contribution in [2.75, 3.05) is 12.4 Å². The number of anilines is 1. The van der Waals surface area contributed by atoms with E-state index in [1.165, 1.54) is 12.5 Å². The SMILES string of the molecule is COc1ccc(CNc2ncncc2C(=O)O)cc1. The van der Waals surface area contributed by atoms with E-state index in [9.17, 15) is 4.79 Å². The normalized spacial score (nSPS) is 9.95. The van der Waals surface area contributed by atoms with Gasteiger partial charge in [0.1, 0.15) is 23.5 Å². The van der Waals surface area contributed by atoms with Crippen LogP contribution in [0.5, 0.6) is 5.75 Å². The molecule has 0 aliphatic rings. The van der Waals surface area contributed by atoms with E-state index >= 15 is 0 Å². The third-order valence-corrected chi connectivity index (χ3v) is 2.56. The van der Waals surface area contributed by atoms with E-state index in [2.05, 4.69) is 15.3 Å². The molecular formula is C13H13N3O3. The van der Waals surface area contributed by atoms with Crippen LogP contribution in [0.15, 0.2) is 36.8 Å². The summed E-state index contributed by atoms with van der Waals surface area (Å²) in [4.78, 5) is 18.6. The number of rotatable bonds is 5. The topological polar surface area (TPSA) is 84.3 Å². The van der Waals surface area contributed by atoms with Crippen molar-refractivity contribution >= 4 is 11.8 Å². The molecule has 0 saturated heterocycles. The second-order valence-corrected chi connectivity index (χ2v) is 3.79. The van der Waals surface area contributed by atoms with E-state index in [1.54, 1.807) is 7.11 Å². The minimum atomic E-state index is -1.06. The first kappa shape index (κ1) is 12.8. The molecule has 0 radical (unpaired) electrons. The first-order valence-corrected chi connectivity index (χ1v) is 5.61. The van der Waals surface area contributed by atoms with Crippen molar-refractivity contribution in [1.29, 1.82) is 0 Å². The zero-order valence-corrected chi connectivity index (χ0v) is 10.3. The van der Waals surface area contributed by atoms with Crippen molar-refractivity contribution in [2.45, 2.75) is 6.54 Å². The Morgan fingerprint density at radius 3 is 2.74 bits per heavy atom. The summed E-state index contributed by atoms with van der Waals surface area (Å²) in [6.45, 7) is 0.473. The Morgan fingerprint density at radius 2 is 2.11 bits per heavy atom. The summed E-state index contributed by atoms with van der Waals surface area (Å²) < 4.78 is 5.06. The third kappa shape index (κ3) is 3.19. The van der Waals surface area contributed by atoms with Gasteiger partial charge in [-0.05, 0) is 17.7 Å². The van der Waals surface area contributed by atoms with Crippen LogP contribution in [0.2, 0.25) is 0 Å². The van der Waals surface area contributed by atoms with Gasteiger partial charge in [0, 0.05) is 12.7 Å². The van der Waals surface area contributed by atoms with Crippen LogP contribution in [0.4, 0.5) is 5.82 Å². The zero-order chi connectivity index (χ0) is 13.7. The lowest BCUT2D eigenvalue weighted by molar-refractivity contribution is 0.0697. The van der Waals surface area contributed by atoms with E-state index in [0.29, 0.717) is 12.4 Å². The largest absolute Gasteiger partial charge is 0.497 e. The van der Waals surface area contributed by atoms with Crippen molar-refractivity contribution in [2.24, 2.45) is 0 Å². The molecule has 0 aliphatic carbocycles. The molecule has 98 valence electrons. The maximum Gasteiger partial charge on any atom is 0.341 e. The molecular weight excluding hydrogens is 246 g/mol. The molecule has 2 N–H and O–H groups in total. The first-order chi connectivity index (χ1) is 9.20. The van der Waals surface area contributed by atoms with Crippen LogP contribution >= 0.6 is 0 Å². The third-order valence-electron chi connectivity index (χ3n) is 2.56. The van der Waals surface area contributed by atoms with Crippen molar-refractivity contribution in [3.63, 3.8) is 0 Å². The second kappa shape index (κ2) is 5.81. The van der Waals surface area contributed by atoms with Crippen LogP contribution in [0.3, 0.4) is 0 Å². The molecule has 1 aromatic carbocycles. The lowest BCUT2D eigenvalue weighted by atomic mass is 10.2.